The molecule has 78 valence electrons. The molecule has 15 heavy (non-hydrogen) atoms. The zero-order chi connectivity index (χ0) is 11.3. The molecular weight excluding hydrogens is 216 g/mol. The number of carbonyl (C=O) groups excluding carboxylic acids is 1. The Bertz CT molecular complexity index is 435. The lowest BCUT2D eigenvalue weighted by atomic mass is 10.2. The molecule has 5 heteroatoms. The van der Waals surface area contributed by atoms with Gasteiger partial charge in [0.05, 0.1) is 5.69 Å². The van der Waals surface area contributed by atoms with Crippen LogP contribution < -0.4 is 11.1 Å². The van der Waals surface area contributed by atoms with Crippen LogP contribution in [0.15, 0.2) is 18.2 Å². The normalized spacial score (nSPS) is 8.93. The SMILES string of the molecule is NC(=O)Nc1cc(Cl)ccc1C#CCO. The molecular formula is C10H9ClN2O2. The van der Waals surface area contributed by atoms with E-state index in [2.05, 4.69) is 17.2 Å². The van der Waals surface area contributed by atoms with Gasteiger partial charge in [0, 0.05) is 10.6 Å². The second-order valence-electron chi connectivity index (χ2n) is 2.64. The van der Waals surface area contributed by atoms with Crippen molar-refractivity contribution in [3.63, 3.8) is 0 Å². The van der Waals surface area contributed by atoms with Crippen molar-refractivity contribution in [1.82, 2.24) is 0 Å². The summed E-state index contributed by atoms with van der Waals surface area (Å²) in [5.41, 5.74) is 5.96. The van der Waals surface area contributed by atoms with Crippen LogP contribution >= 0.6 is 11.6 Å². The van der Waals surface area contributed by atoms with E-state index in [1.54, 1.807) is 12.1 Å². The van der Waals surface area contributed by atoms with Crippen LogP contribution in [-0.2, 0) is 0 Å². The third-order valence-electron chi connectivity index (χ3n) is 1.54. The maximum absolute atomic E-state index is 10.7. The number of rotatable bonds is 1. The smallest absolute Gasteiger partial charge is 0.316 e. The van der Waals surface area contributed by atoms with Gasteiger partial charge in [0.2, 0.25) is 0 Å². The average Bonchev–Trinajstić information content (AvgIpc) is 2.16. The fourth-order valence-corrected chi connectivity index (χ4v) is 1.17. The molecule has 0 spiro atoms. The van der Waals surface area contributed by atoms with E-state index in [-0.39, 0.29) is 6.61 Å². The van der Waals surface area contributed by atoms with Gasteiger partial charge in [0.15, 0.2) is 0 Å². The highest BCUT2D eigenvalue weighted by molar-refractivity contribution is 6.31. The molecule has 4 nitrogen and oxygen atoms in total. The van der Waals surface area contributed by atoms with Crippen LogP contribution in [0.5, 0.6) is 0 Å². The molecule has 0 fully saturated rings. The molecule has 0 saturated carbocycles. The largest absolute Gasteiger partial charge is 0.384 e. The monoisotopic (exact) mass is 224 g/mol. The van der Waals surface area contributed by atoms with Crippen LogP contribution in [-0.4, -0.2) is 17.7 Å². The lowest BCUT2D eigenvalue weighted by Gasteiger charge is -2.04. The molecule has 1 aromatic rings. The molecule has 0 aliphatic heterocycles. The van der Waals surface area contributed by atoms with Crippen LogP contribution in [0.2, 0.25) is 5.02 Å². The van der Waals surface area contributed by atoms with Gasteiger partial charge in [-0.25, -0.2) is 4.79 Å². The third-order valence-corrected chi connectivity index (χ3v) is 1.78. The molecule has 0 bridgehead atoms. The van der Waals surface area contributed by atoms with Gasteiger partial charge in [-0.2, -0.15) is 0 Å². The predicted octanol–water partition coefficient (Wildman–Crippen LogP) is 1.17. The van der Waals surface area contributed by atoms with E-state index in [0.717, 1.165) is 0 Å². The van der Waals surface area contributed by atoms with Gasteiger partial charge in [-0.1, -0.05) is 23.4 Å². The van der Waals surface area contributed by atoms with Crippen molar-refractivity contribution in [2.75, 3.05) is 11.9 Å². The number of amides is 2. The number of anilines is 1. The highest BCUT2D eigenvalue weighted by Crippen LogP contribution is 2.20. The summed E-state index contributed by atoms with van der Waals surface area (Å²) in [4.78, 5) is 10.7. The zero-order valence-electron chi connectivity index (χ0n) is 7.75. The Morgan fingerprint density at radius 3 is 2.93 bits per heavy atom. The number of urea groups is 1. The number of hydrogen-bond donors (Lipinski definition) is 3. The number of halogens is 1. The number of aliphatic hydroxyl groups is 1. The quantitative estimate of drug-likeness (QED) is 0.627. The van der Waals surface area contributed by atoms with Gasteiger partial charge in [0.25, 0.3) is 0 Å². The maximum Gasteiger partial charge on any atom is 0.316 e. The molecule has 1 rings (SSSR count). The van der Waals surface area contributed by atoms with E-state index in [1.165, 1.54) is 6.07 Å². The Balaban J connectivity index is 3.08. The predicted molar refractivity (Wildman–Crippen MR) is 58.6 cm³/mol. The molecule has 0 heterocycles. The van der Waals surface area contributed by atoms with Crippen LogP contribution in [0.3, 0.4) is 0 Å². The molecule has 4 N–H and O–H groups in total. The topological polar surface area (TPSA) is 75.4 Å². The van der Waals surface area contributed by atoms with Gasteiger partial charge < -0.3 is 16.2 Å². The lowest BCUT2D eigenvalue weighted by Crippen LogP contribution is -2.19. The first-order valence-corrected chi connectivity index (χ1v) is 4.47. The number of benzene rings is 1. The van der Waals surface area contributed by atoms with Crippen molar-refractivity contribution in [1.29, 1.82) is 0 Å². The minimum atomic E-state index is -0.690. The first-order chi connectivity index (χ1) is 7.13. The van der Waals surface area contributed by atoms with E-state index in [9.17, 15) is 4.79 Å². The van der Waals surface area contributed by atoms with E-state index in [0.29, 0.717) is 16.3 Å². The van der Waals surface area contributed by atoms with E-state index >= 15 is 0 Å². The van der Waals surface area contributed by atoms with Crippen LogP contribution in [0.4, 0.5) is 10.5 Å². The maximum atomic E-state index is 10.7. The molecule has 0 atom stereocenters. The van der Waals surface area contributed by atoms with Crippen molar-refractivity contribution in [2.45, 2.75) is 0 Å². The number of carbonyl (C=O) groups is 1. The second kappa shape index (κ2) is 5.25. The summed E-state index contributed by atoms with van der Waals surface area (Å²) in [5, 5.41) is 11.4. The van der Waals surface area contributed by atoms with Crippen molar-refractivity contribution in [3.05, 3.63) is 28.8 Å². The highest BCUT2D eigenvalue weighted by atomic mass is 35.5. The number of hydrogen-bond acceptors (Lipinski definition) is 2. The molecule has 0 aliphatic rings. The van der Waals surface area contributed by atoms with E-state index in [1.807, 2.05) is 0 Å². The summed E-state index contributed by atoms with van der Waals surface area (Å²) in [6, 6.07) is 4.11. The summed E-state index contributed by atoms with van der Waals surface area (Å²) in [5.74, 6) is 5.13. The first kappa shape index (κ1) is 11.4. The summed E-state index contributed by atoms with van der Waals surface area (Å²) in [6.45, 7) is -0.251. The molecule has 2 amide bonds. The number of nitrogens with two attached hydrogens (primary N) is 1. The molecule has 0 aliphatic carbocycles. The first-order valence-electron chi connectivity index (χ1n) is 4.09. The molecule has 0 unspecified atom stereocenters. The summed E-state index contributed by atoms with van der Waals surface area (Å²) >= 11 is 5.74. The molecule has 0 radical (unpaired) electrons. The Morgan fingerprint density at radius 2 is 2.33 bits per heavy atom. The van der Waals surface area contributed by atoms with Gasteiger partial charge >= 0.3 is 6.03 Å². The summed E-state index contributed by atoms with van der Waals surface area (Å²) < 4.78 is 0. The number of aliphatic hydroxyl groups excluding tert-OH is 1. The average molecular weight is 225 g/mol. The molecule has 1 aromatic carbocycles. The minimum absolute atomic E-state index is 0.251. The van der Waals surface area contributed by atoms with E-state index in [4.69, 9.17) is 22.4 Å². The standard InChI is InChI=1S/C10H9ClN2O2/c11-8-4-3-7(2-1-5-14)9(6-8)13-10(12)15/h3-4,6,14H,5H2,(H3,12,13,15). The Kier molecular flexibility index (Phi) is 3.98. The molecule has 0 aromatic heterocycles. The summed E-state index contributed by atoms with van der Waals surface area (Å²) in [7, 11) is 0. The Labute approximate surface area is 92.0 Å². The lowest BCUT2D eigenvalue weighted by molar-refractivity contribution is 0.259. The Morgan fingerprint density at radius 1 is 1.60 bits per heavy atom. The van der Waals surface area contributed by atoms with Crippen molar-refractivity contribution in [3.8, 4) is 11.8 Å². The van der Waals surface area contributed by atoms with Gasteiger partial charge in [-0.05, 0) is 18.2 Å². The second-order valence-corrected chi connectivity index (χ2v) is 3.08. The Hall–Kier alpha value is -1.70. The van der Waals surface area contributed by atoms with Crippen LogP contribution in [0.1, 0.15) is 5.56 Å². The van der Waals surface area contributed by atoms with Crippen LogP contribution in [0.25, 0.3) is 0 Å². The number of primary amides is 1. The van der Waals surface area contributed by atoms with Gasteiger partial charge in [-0.15, -0.1) is 0 Å². The summed E-state index contributed by atoms with van der Waals surface area (Å²) in [6.07, 6.45) is 0. The van der Waals surface area contributed by atoms with Gasteiger partial charge in [-0.3, -0.25) is 0 Å². The minimum Gasteiger partial charge on any atom is -0.384 e. The van der Waals surface area contributed by atoms with Crippen molar-refractivity contribution < 1.29 is 9.90 Å². The van der Waals surface area contributed by atoms with Crippen molar-refractivity contribution in [2.24, 2.45) is 5.73 Å². The van der Waals surface area contributed by atoms with Crippen molar-refractivity contribution >= 4 is 23.3 Å². The zero-order valence-corrected chi connectivity index (χ0v) is 8.51. The third kappa shape index (κ3) is 3.50. The van der Waals surface area contributed by atoms with Crippen LogP contribution in [0, 0.1) is 11.8 Å². The number of nitrogens with one attached hydrogen (secondary N) is 1. The van der Waals surface area contributed by atoms with Gasteiger partial charge in [0.1, 0.15) is 6.61 Å². The van der Waals surface area contributed by atoms with E-state index < -0.39 is 6.03 Å². The fraction of sp³-hybridized carbons (Fsp3) is 0.100. The fourth-order valence-electron chi connectivity index (χ4n) is 0.996. The molecule has 0 saturated heterocycles. The highest BCUT2D eigenvalue weighted by Gasteiger charge is 2.02.